The standard InChI is InChI=1S/C19H30N2O3/c1-6-15(5)21(13-12-18(22)24-7-2)19(23)20-17-10-8-16(9-11-17)14(3)4/h8-11,14-15H,6-7,12-13H2,1-5H3,(H,20,23). The van der Waals surface area contributed by atoms with Gasteiger partial charge in [0.2, 0.25) is 0 Å². The van der Waals surface area contributed by atoms with E-state index < -0.39 is 0 Å². The first-order valence-corrected chi connectivity index (χ1v) is 8.72. The Balaban J connectivity index is 2.71. The molecule has 24 heavy (non-hydrogen) atoms. The number of benzene rings is 1. The normalized spacial score (nSPS) is 11.9. The van der Waals surface area contributed by atoms with Gasteiger partial charge < -0.3 is 15.0 Å². The van der Waals surface area contributed by atoms with Gasteiger partial charge in [0.05, 0.1) is 13.0 Å². The second-order valence-electron chi connectivity index (χ2n) is 6.21. The lowest BCUT2D eigenvalue weighted by atomic mass is 10.0. The van der Waals surface area contributed by atoms with E-state index in [-0.39, 0.29) is 24.5 Å². The third kappa shape index (κ3) is 6.22. The number of nitrogens with zero attached hydrogens (tertiary/aromatic N) is 1. The first-order valence-electron chi connectivity index (χ1n) is 8.72. The Kier molecular flexibility index (Phi) is 8.30. The third-order valence-electron chi connectivity index (χ3n) is 4.07. The molecular weight excluding hydrogens is 304 g/mol. The van der Waals surface area contributed by atoms with Crippen LogP contribution in [-0.2, 0) is 9.53 Å². The second-order valence-corrected chi connectivity index (χ2v) is 6.21. The summed E-state index contributed by atoms with van der Waals surface area (Å²) < 4.78 is 4.94. The number of nitrogens with one attached hydrogen (secondary N) is 1. The maximum atomic E-state index is 12.6. The van der Waals surface area contributed by atoms with Crippen molar-refractivity contribution in [3.63, 3.8) is 0 Å². The number of carbonyl (C=O) groups is 2. The Morgan fingerprint density at radius 2 is 1.75 bits per heavy atom. The molecule has 1 N–H and O–H groups in total. The molecule has 0 aliphatic rings. The number of esters is 1. The van der Waals surface area contributed by atoms with Crippen LogP contribution in [0.15, 0.2) is 24.3 Å². The van der Waals surface area contributed by atoms with Gasteiger partial charge in [-0.2, -0.15) is 0 Å². The lowest BCUT2D eigenvalue weighted by Crippen LogP contribution is -2.42. The predicted molar refractivity (Wildman–Crippen MR) is 97.3 cm³/mol. The number of hydrogen-bond donors (Lipinski definition) is 1. The number of anilines is 1. The topological polar surface area (TPSA) is 58.6 Å². The highest BCUT2D eigenvalue weighted by Crippen LogP contribution is 2.18. The van der Waals surface area contributed by atoms with E-state index in [0.29, 0.717) is 19.1 Å². The molecule has 0 bridgehead atoms. The van der Waals surface area contributed by atoms with Gasteiger partial charge in [0.1, 0.15) is 0 Å². The minimum atomic E-state index is -0.278. The summed E-state index contributed by atoms with van der Waals surface area (Å²) in [6.07, 6.45) is 1.03. The summed E-state index contributed by atoms with van der Waals surface area (Å²) in [7, 11) is 0. The number of rotatable bonds is 8. The lowest BCUT2D eigenvalue weighted by molar-refractivity contribution is -0.143. The van der Waals surface area contributed by atoms with Crippen LogP contribution < -0.4 is 5.32 Å². The summed E-state index contributed by atoms with van der Waals surface area (Å²) in [6.45, 7) is 10.7. The molecule has 0 aliphatic heterocycles. The third-order valence-corrected chi connectivity index (χ3v) is 4.07. The fourth-order valence-corrected chi connectivity index (χ4v) is 2.33. The number of ether oxygens (including phenoxy) is 1. The molecule has 1 unspecified atom stereocenters. The van der Waals surface area contributed by atoms with Crippen molar-refractivity contribution in [1.82, 2.24) is 4.90 Å². The van der Waals surface area contributed by atoms with E-state index in [9.17, 15) is 9.59 Å². The van der Waals surface area contributed by atoms with Crippen molar-refractivity contribution in [2.24, 2.45) is 0 Å². The molecule has 0 fully saturated rings. The average Bonchev–Trinajstić information content (AvgIpc) is 2.55. The van der Waals surface area contributed by atoms with Crippen molar-refractivity contribution in [2.75, 3.05) is 18.5 Å². The predicted octanol–water partition coefficient (Wildman–Crippen LogP) is 4.40. The molecule has 5 heteroatoms. The summed E-state index contributed by atoms with van der Waals surface area (Å²) in [5.74, 6) is 0.177. The van der Waals surface area contributed by atoms with Crippen LogP contribution in [0.3, 0.4) is 0 Å². The molecule has 0 saturated heterocycles. The molecule has 2 amide bonds. The largest absolute Gasteiger partial charge is 0.466 e. The Hall–Kier alpha value is -2.04. The van der Waals surface area contributed by atoms with Crippen LogP contribution in [-0.4, -0.2) is 36.1 Å². The molecule has 0 aliphatic carbocycles. The van der Waals surface area contributed by atoms with Gasteiger partial charge in [-0.05, 0) is 43.9 Å². The highest BCUT2D eigenvalue weighted by atomic mass is 16.5. The molecule has 5 nitrogen and oxygen atoms in total. The van der Waals surface area contributed by atoms with E-state index in [1.807, 2.05) is 38.1 Å². The quantitative estimate of drug-likeness (QED) is 0.717. The highest BCUT2D eigenvalue weighted by molar-refractivity contribution is 5.89. The van der Waals surface area contributed by atoms with Gasteiger partial charge in [0.15, 0.2) is 0 Å². The molecule has 0 aromatic heterocycles. The second kappa shape index (κ2) is 9.96. The van der Waals surface area contributed by atoms with Crippen LogP contribution in [0, 0.1) is 0 Å². The van der Waals surface area contributed by atoms with Gasteiger partial charge >= 0.3 is 12.0 Å². The molecule has 1 aromatic rings. The molecule has 134 valence electrons. The lowest BCUT2D eigenvalue weighted by Gasteiger charge is -2.28. The number of carbonyl (C=O) groups excluding carboxylic acids is 2. The minimum absolute atomic E-state index is 0.0503. The molecular formula is C19H30N2O3. The zero-order valence-corrected chi connectivity index (χ0v) is 15.5. The van der Waals surface area contributed by atoms with Crippen molar-refractivity contribution < 1.29 is 14.3 Å². The van der Waals surface area contributed by atoms with E-state index in [1.165, 1.54) is 5.56 Å². The van der Waals surface area contributed by atoms with Gasteiger partial charge in [-0.25, -0.2) is 4.79 Å². The van der Waals surface area contributed by atoms with E-state index in [0.717, 1.165) is 12.1 Å². The van der Waals surface area contributed by atoms with Crippen LogP contribution in [0.4, 0.5) is 10.5 Å². The van der Waals surface area contributed by atoms with E-state index in [4.69, 9.17) is 4.74 Å². The molecule has 1 atom stereocenters. The first kappa shape index (κ1) is 20.0. The average molecular weight is 334 g/mol. The summed E-state index contributed by atoms with van der Waals surface area (Å²) in [4.78, 5) is 25.8. The van der Waals surface area contributed by atoms with Crippen LogP contribution in [0.5, 0.6) is 0 Å². The maximum absolute atomic E-state index is 12.6. The Labute approximate surface area is 145 Å². The molecule has 0 spiro atoms. The van der Waals surface area contributed by atoms with Crippen molar-refractivity contribution in [3.8, 4) is 0 Å². The van der Waals surface area contributed by atoms with Gasteiger partial charge in [-0.15, -0.1) is 0 Å². The summed E-state index contributed by atoms with van der Waals surface area (Å²) >= 11 is 0. The first-order chi connectivity index (χ1) is 11.4. The molecule has 0 saturated carbocycles. The molecule has 0 heterocycles. The fourth-order valence-electron chi connectivity index (χ4n) is 2.33. The zero-order chi connectivity index (χ0) is 18.1. The molecule has 1 rings (SSSR count). The van der Waals surface area contributed by atoms with Crippen molar-refractivity contribution in [2.45, 2.75) is 59.4 Å². The Morgan fingerprint density at radius 3 is 2.25 bits per heavy atom. The SMILES string of the molecule is CCOC(=O)CCN(C(=O)Nc1ccc(C(C)C)cc1)C(C)CC. The Bertz CT molecular complexity index is 526. The summed E-state index contributed by atoms with van der Waals surface area (Å²) in [5, 5.41) is 2.91. The number of hydrogen-bond acceptors (Lipinski definition) is 3. The fraction of sp³-hybridized carbons (Fsp3) is 0.579. The van der Waals surface area contributed by atoms with E-state index in [2.05, 4.69) is 19.2 Å². The summed E-state index contributed by atoms with van der Waals surface area (Å²) in [5.41, 5.74) is 1.99. The molecule has 0 radical (unpaired) electrons. The van der Waals surface area contributed by atoms with Gasteiger partial charge in [0.25, 0.3) is 0 Å². The maximum Gasteiger partial charge on any atom is 0.322 e. The van der Waals surface area contributed by atoms with Crippen LogP contribution in [0.25, 0.3) is 0 Å². The van der Waals surface area contributed by atoms with E-state index in [1.54, 1.807) is 11.8 Å². The van der Waals surface area contributed by atoms with E-state index >= 15 is 0 Å². The Morgan fingerprint density at radius 1 is 1.12 bits per heavy atom. The van der Waals surface area contributed by atoms with Crippen molar-refractivity contribution in [1.29, 1.82) is 0 Å². The van der Waals surface area contributed by atoms with Crippen LogP contribution >= 0.6 is 0 Å². The molecule has 1 aromatic carbocycles. The van der Waals surface area contributed by atoms with Gasteiger partial charge in [0, 0.05) is 18.3 Å². The minimum Gasteiger partial charge on any atom is -0.466 e. The number of amides is 2. The zero-order valence-electron chi connectivity index (χ0n) is 15.5. The van der Waals surface area contributed by atoms with Crippen molar-refractivity contribution in [3.05, 3.63) is 29.8 Å². The van der Waals surface area contributed by atoms with Crippen LogP contribution in [0.2, 0.25) is 0 Å². The summed E-state index contributed by atoms with van der Waals surface area (Å²) in [6, 6.07) is 7.72. The highest BCUT2D eigenvalue weighted by Gasteiger charge is 2.20. The smallest absolute Gasteiger partial charge is 0.322 e. The van der Waals surface area contributed by atoms with Crippen molar-refractivity contribution >= 4 is 17.7 Å². The van der Waals surface area contributed by atoms with Gasteiger partial charge in [-0.3, -0.25) is 4.79 Å². The van der Waals surface area contributed by atoms with Gasteiger partial charge in [-0.1, -0.05) is 32.9 Å². The van der Waals surface area contributed by atoms with Crippen LogP contribution in [0.1, 0.15) is 58.9 Å². The number of urea groups is 1. The monoisotopic (exact) mass is 334 g/mol.